The molecule has 0 aromatic heterocycles. The Morgan fingerprint density at radius 2 is 1.15 bits per heavy atom. The summed E-state index contributed by atoms with van der Waals surface area (Å²) < 4.78 is 5.23. The molecule has 0 bridgehead atoms. The van der Waals surface area contributed by atoms with Gasteiger partial charge < -0.3 is 9.84 Å². The summed E-state index contributed by atoms with van der Waals surface area (Å²) in [7, 11) is 0. The first kappa shape index (κ1) is 26.8. The van der Waals surface area contributed by atoms with E-state index in [1.807, 2.05) is 0 Å². The quantitative estimate of drug-likeness (QED) is 0.158. The van der Waals surface area contributed by atoms with Crippen molar-refractivity contribution in [1.82, 2.24) is 0 Å². The minimum atomic E-state index is -0.0959. The molecule has 3 nitrogen and oxygen atoms in total. The highest BCUT2D eigenvalue weighted by atomic mass is 32.2. The van der Waals surface area contributed by atoms with E-state index < -0.39 is 0 Å². The van der Waals surface area contributed by atoms with Crippen LogP contribution in [0.25, 0.3) is 0 Å². The van der Waals surface area contributed by atoms with Crippen LogP contribution in [-0.2, 0) is 9.53 Å². The van der Waals surface area contributed by atoms with Crippen LogP contribution in [0, 0.1) is 0 Å². The highest BCUT2D eigenvalue weighted by molar-refractivity contribution is 7.99. The Balaban J connectivity index is 3.07. The number of rotatable bonds is 22. The smallest absolute Gasteiger partial charge is 0.306 e. The van der Waals surface area contributed by atoms with Gasteiger partial charge in [-0.3, -0.25) is 4.79 Å². The van der Waals surface area contributed by atoms with Crippen LogP contribution in [0.1, 0.15) is 116 Å². The first-order valence-electron chi connectivity index (χ1n) is 11.7. The number of aliphatic hydroxyl groups excluding tert-OH is 1. The molecule has 0 atom stereocenters. The molecule has 0 fully saturated rings. The summed E-state index contributed by atoms with van der Waals surface area (Å²) in [5.41, 5.74) is 0. The Bertz CT molecular complexity index is 297. The Morgan fingerprint density at radius 1 is 0.704 bits per heavy atom. The zero-order valence-electron chi connectivity index (χ0n) is 18.0. The normalized spacial score (nSPS) is 11.0. The van der Waals surface area contributed by atoms with Crippen LogP contribution in [-0.4, -0.2) is 35.8 Å². The van der Waals surface area contributed by atoms with Gasteiger partial charge in [0, 0.05) is 11.5 Å². The van der Waals surface area contributed by atoms with E-state index in [2.05, 4.69) is 6.92 Å². The number of unbranched alkanes of at least 4 members (excludes halogenated alkanes) is 15. The molecule has 4 heteroatoms. The van der Waals surface area contributed by atoms with Crippen molar-refractivity contribution in [3.63, 3.8) is 0 Å². The van der Waals surface area contributed by atoms with Crippen molar-refractivity contribution >= 4 is 17.7 Å². The van der Waals surface area contributed by atoms with Crippen molar-refractivity contribution in [2.45, 2.75) is 116 Å². The molecular weight excluding hydrogens is 356 g/mol. The molecule has 162 valence electrons. The molecular formula is C23H46O3S. The van der Waals surface area contributed by atoms with Crippen LogP contribution in [0.15, 0.2) is 0 Å². The molecule has 0 unspecified atom stereocenters. The number of carbonyl (C=O) groups is 1. The van der Waals surface area contributed by atoms with Crippen LogP contribution in [0.3, 0.4) is 0 Å². The summed E-state index contributed by atoms with van der Waals surface area (Å²) in [5, 5.41) is 8.66. The zero-order chi connectivity index (χ0) is 19.8. The number of hydrogen-bond acceptors (Lipinski definition) is 4. The van der Waals surface area contributed by atoms with Gasteiger partial charge in [0.2, 0.25) is 0 Å². The van der Waals surface area contributed by atoms with Crippen LogP contribution < -0.4 is 0 Å². The van der Waals surface area contributed by atoms with Gasteiger partial charge >= 0.3 is 5.97 Å². The first-order chi connectivity index (χ1) is 13.3. The van der Waals surface area contributed by atoms with Crippen molar-refractivity contribution in [2.24, 2.45) is 0 Å². The lowest BCUT2D eigenvalue weighted by Crippen LogP contribution is -2.07. The fourth-order valence-electron chi connectivity index (χ4n) is 3.23. The van der Waals surface area contributed by atoms with Crippen LogP contribution in [0.4, 0.5) is 0 Å². The molecule has 0 aliphatic carbocycles. The van der Waals surface area contributed by atoms with Gasteiger partial charge in [-0.05, 0) is 6.42 Å². The third-order valence-electron chi connectivity index (χ3n) is 4.95. The van der Waals surface area contributed by atoms with Gasteiger partial charge in [0.05, 0.1) is 19.6 Å². The Morgan fingerprint density at radius 3 is 1.59 bits per heavy atom. The van der Waals surface area contributed by atoms with E-state index in [-0.39, 0.29) is 12.6 Å². The summed E-state index contributed by atoms with van der Waals surface area (Å²) in [5.74, 6) is 1.35. The average Bonchev–Trinajstić information content (AvgIpc) is 2.67. The van der Waals surface area contributed by atoms with Crippen molar-refractivity contribution < 1.29 is 14.6 Å². The molecule has 0 spiro atoms. The average molecular weight is 403 g/mol. The molecule has 1 N–H and O–H groups in total. The number of ether oxygens (including phenoxy) is 1. The van der Waals surface area contributed by atoms with E-state index in [9.17, 15) is 4.79 Å². The second-order valence-corrected chi connectivity index (χ2v) is 8.83. The van der Waals surface area contributed by atoms with E-state index in [4.69, 9.17) is 9.84 Å². The summed E-state index contributed by atoms with van der Waals surface area (Å²) in [6, 6.07) is 0. The van der Waals surface area contributed by atoms with Gasteiger partial charge in [-0.25, -0.2) is 0 Å². The monoisotopic (exact) mass is 402 g/mol. The van der Waals surface area contributed by atoms with Crippen molar-refractivity contribution in [2.75, 3.05) is 24.7 Å². The van der Waals surface area contributed by atoms with E-state index in [1.54, 1.807) is 11.8 Å². The Hall–Kier alpha value is -0.220. The molecule has 0 saturated carbocycles. The molecule has 0 heterocycles. The lowest BCUT2D eigenvalue weighted by molar-refractivity contribution is -0.143. The summed E-state index contributed by atoms with van der Waals surface area (Å²) in [4.78, 5) is 11.5. The SMILES string of the molecule is CCCCCCCCCCCCCCCCCCOC(=O)CCSCCO. The number of hydrogen-bond donors (Lipinski definition) is 1. The molecule has 0 aromatic rings. The lowest BCUT2D eigenvalue weighted by atomic mass is 10.0. The number of esters is 1. The molecule has 0 aliphatic heterocycles. The lowest BCUT2D eigenvalue weighted by Gasteiger charge is -2.05. The highest BCUT2D eigenvalue weighted by Gasteiger charge is 2.02. The van der Waals surface area contributed by atoms with Crippen LogP contribution >= 0.6 is 11.8 Å². The van der Waals surface area contributed by atoms with E-state index in [0.717, 1.165) is 12.2 Å². The Labute approximate surface area is 173 Å². The molecule has 0 aliphatic rings. The predicted molar refractivity (Wildman–Crippen MR) is 120 cm³/mol. The van der Waals surface area contributed by atoms with E-state index >= 15 is 0 Å². The standard InChI is InChI=1S/C23H46O3S/c1-2-3-4-5-6-7-8-9-10-11-12-13-14-15-16-17-20-26-23(25)18-21-27-22-19-24/h24H,2-22H2,1H3. The van der Waals surface area contributed by atoms with Gasteiger partial charge in [-0.15, -0.1) is 0 Å². The number of thioether (sulfide) groups is 1. The minimum Gasteiger partial charge on any atom is -0.466 e. The number of aliphatic hydroxyl groups is 1. The van der Waals surface area contributed by atoms with E-state index in [0.29, 0.717) is 18.8 Å². The maximum atomic E-state index is 11.5. The van der Waals surface area contributed by atoms with Gasteiger partial charge in [-0.1, -0.05) is 103 Å². The van der Waals surface area contributed by atoms with Gasteiger partial charge in [0.15, 0.2) is 0 Å². The molecule has 0 saturated heterocycles. The third-order valence-corrected chi connectivity index (χ3v) is 5.91. The maximum Gasteiger partial charge on any atom is 0.306 e. The highest BCUT2D eigenvalue weighted by Crippen LogP contribution is 2.13. The summed E-state index contributed by atoms with van der Waals surface area (Å²) in [6.07, 6.45) is 22.2. The van der Waals surface area contributed by atoms with Gasteiger partial charge in [0.25, 0.3) is 0 Å². The molecule has 0 aromatic carbocycles. The van der Waals surface area contributed by atoms with Crippen molar-refractivity contribution in [1.29, 1.82) is 0 Å². The van der Waals surface area contributed by atoms with Crippen LogP contribution in [0.2, 0.25) is 0 Å². The number of carbonyl (C=O) groups excluding carboxylic acids is 1. The van der Waals surface area contributed by atoms with Crippen molar-refractivity contribution in [3.05, 3.63) is 0 Å². The first-order valence-corrected chi connectivity index (χ1v) is 12.8. The van der Waals surface area contributed by atoms with Crippen LogP contribution in [0.5, 0.6) is 0 Å². The fraction of sp³-hybridized carbons (Fsp3) is 0.957. The molecule has 0 amide bonds. The fourth-order valence-corrected chi connectivity index (χ4v) is 3.87. The van der Waals surface area contributed by atoms with Gasteiger partial charge in [0.1, 0.15) is 0 Å². The third kappa shape index (κ3) is 23.7. The molecule has 0 radical (unpaired) electrons. The molecule has 27 heavy (non-hydrogen) atoms. The van der Waals surface area contributed by atoms with Crippen molar-refractivity contribution in [3.8, 4) is 0 Å². The van der Waals surface area contributed by atoms with Gasteiger partial charge in [-0.2, -0.15) is 11.8 Å². The second kappa shape index (κ2) is 23.8. The zero-order valence-corrected chi connectivity index (χ0v) is 18.8. The minimum absolute atomic E-state index is 0.0959. The summed E-state index contributed by atoms with van der Waals surface area (Å²) >= 11 is 1.60. The van der Waals surface area contributed by atoms with E-state index in [1.165, 1.54) is 96.3 Å². The second-order valence-electron chi connectivity index (χ2n) is 7.61. The largest absolute Gasteiger partial charge is 0.466 e. The maximum absolute atomic E-state index is 11.5. The topological polar surface area (TPSA) is 46.5 Å². The summed E-state index contributed by atoms with van der Waals surface area (Å²) in [6.45, 7) is 3.03. The predicted octanol–water partition coefficient (Wildman–Crippen LogP) is 6.91. The molecule has 0 rings (SSSR count). The Kier molecular flexibility index (Phi) is 23.6.